The Bertz CT molecular complexity index is 472. The lowest BCUT2D eigenvalue weighted by Crippen LogP contribution is -2.23. The molecule has 0 aliphatic rings. The summed E-state index contributed by atoms with van der Waals surface area (Å²) < 4.78 is 13.1. The van der Waals surface area contributed by atoms with Crippen LogP contribution in [0.3, 0.4) is 0 Å². The Hall–Kier alpha value is -1.79. The van der Waals surface area contributed by atoms with Gasteiger partial charge in [-0.25, -0.2) is 4.39 Å². The number of aliphatic hydroxyl groups excluding tert-OH is 2. The van der Waals surface area contributed by atoms with Gasteiger partial charge in [-0.2, -0.15) is 0 Å². The van der Waals surface area contributed by atoms with E-state index in [2.05, 4.69) is 0 Å². The number of rotatable bonds is 5. The van der Waals surface area contributed by atoms with Gasteiger partial charge in [0.25, 0.3) is 0 Å². The lowest BCUT2D eigenvalue weighted by atomic mass is 9.95. The van der Waals surface area contributed by atoms with Gasteiger partial charge < -0.3 is 15.3 Å². The first-order valence-corrected chi connectivity index (χ1v) is 5.21. The molecule has 0 fully saturated rings. The minimum atomic E-state index is -1.63. The van der Waals surface area contributed by atoms with Crippen molar-refractivity contribution in [2.45, 2.75) is 25.6 Å². The van der Waals surface area contributed by atoms with E-state index in [0.717, 1.165) is 12.1 Å². The normalized spacial score (nSPS) is 14.0. The third kappa shape index (κ3) is 3.35. The van der Waals surface area contributed by atoms with Crippen LogP contribution in [0, 0.1) is 5.82 Å². The predicted octanol–water partition coefficient (Wildman–Crippen LogP) is 0.897. The SMILES string of the molecule is CC(=O)c1ccc(F)cc1C(O)C(O)CC(=O)O. The number of carboxylic acid groups (broad SMARTS) is 1. The Balaban J connectivity index is 3.10. The molecule has 98 valence electrons. The van der Waals surface area contributed by atoms with E-state index < -0.39 is 36.2 Å². The van der Waals surface area contributed by atoms with Crippen molar-refractivity contribution in [3.63, 3.8) is 0 Å². The van der Waals surface area contributed by atoms with Crippen molar-refractivity contribution in [3.8, 4) is 0 Å². The van der Waals surface area contributed by atoms with E-state index in [9.17, 15) is 24.2 Å². The van der Waals surface area contributed by atoms with Gasteiger partial charge in [-0.3, -0.25) is 9.59 Å². The Morgan fingerprint density at radius 2 is 1.94 bits per heavy atom. The maximum atomic E-state index is 13.1. The summed E-state index contributed by atoms with van der Waals surface area (Å²) in [7, 11) is 0. The molecule has 2 unspecified atom stereocenters. The lowest BCUT2D eigenvalue weighted by Gasteiger charge is -2.18. The molecule has 0 saturated carbocycles. The average molecular weight is 256 g/mol. The van der Waals surface area contributed by atoms with Crippen LogP contribution in [-0.4, -0.2) is 33.2 Å². The Morgan fingerprint density at radius 1 is 1.33 bits per heavy atom. The van der Waals surface area contributed by atoms with Gasteiger partial charge in [0, 0.05) is 5.56 Å². The van der Waals surface area contributed by atoms with E-state index in [1.807, 2.05) is 0 Å². The first-order chi connectivity index (χ1) is 8.32. The van der Waals surface area contributed by atoms with Crippen LogP contribution < -0.4 is 0 Å². The minimum Gasteiger partial charge on any atom is -0.481 e. The van der Waals surface area contributed by atoms with Gasteiger partial charge in [0.05, 0.1) is 12.5 Å². The lowest BCUT2D eigenvalue weighted by molar-refractivity contribution is -0.141. The molecule has 0 aromatic heterocycles. The highest BCUT2D eigenvalue weighted by Gasteiger charge is 2.25. The maximum absolute atomic E-state index is 13.1. The number of aliphatic hydroxyl groups is 2. The zero-order valence-corrected chi connectivity index (χ0v) is 9.63. The summed E-state index contributed by atoms with van der Waals surface area (Å²) in [5.74, 6) is -2.40. The molecule has 1 rings (SSSR count). The highest BCUT2D eigenvalue weighted by molar-refractivity contribution is 5.95. The number of ketones is 1. The number of Topliss-reactive ketones (excluding diaryl/α,β-unsaturated/α-hetero) is 1. The highest BCUT2D eigenvalue weighted by Crippen LogP contribution is 2.24. The largest absolute Gasteiger partial charge is 0.481 e. The summed E-state index contributed by atoms with van der Waals surface area (Å²) in [5, 5.41) is 27.7. The van der Waals surface area contributed by atoms with Crippen molar-refractivity contribution in [2.75, 3.05) is 0 Å². The van der Waals surface area contributed by atoms with E-state index in [0.29, 0.717) is 0 Å². The van der Waals surface area contributed by atoms with Crippen LogP contribution in [0.5, 0.6) is 0 Å². The number of benzene rings is 1. The number of hydrogen-bond donors (Lipinski definition) is 3. The Kier molecular flexibility index (Phi) is 4.52. The molecule has 0 aliphatic carbocycles. The second-order valence-electron chi connectivity index (χ2n) is 3.90. The molecule has 5 nitrogen and oxygen atoms in total. The highest BCUT2D eigenvalue weighted by atomic mass is 19.1. The van der Waals surface area contributed by atoms with Crippen LogP contribution in [0.4, 0.5) is 4.39 Å². The Morgan fingerprint density at radius 3 is 2.44 bits per heavy atom. The number of carbonyl (C=O) groups is 2. The van der Waals surface area contributed by atoms with Crippen molar-refractivity contribution in [3.05, 3.63) is 35.1 Å². The monoisotopic (exact) mass is 256 g/mol. The molecule has 1 aromatic carbocycles. The Labute approximate surface area is 102 Å². The zero-order valence-electron chi connectivity index (χ0n) is 9.63. The number of carbonyl (C=O) groups excluding carboxylic acids is 1. The van der Waals surface area contributed by atoms with Crippen LogP contribution in [0.2, 0.25) is 0 Å². The third-order valence-corrected chi connectivity index (χ3v) is 2.46. The smallest absolute Gasteiger partial charge is 0.306 e. The number of halogens is 1. The van der Waals surface area contributed by atoms with E-state index in [1.165, 1.54) is 13.0 Å². The van der Waals surface area contributed by atoms with E-state index >= 15 is 0 Å². The summed E-state index contributed by atoms with van der Waals surface area (Å²) in [6.07, 6.45) is -3.94. The van der Waals surface area contributed by atoms with Crippen molar-refractivity contribution in [2.24, 2.45) is 0 Å². The summed E-state index contributed by atoms with van der Waals surface area (Å²) >= 11 is 0. The number of aliphatic carboxylic acids is 1. The molecule has 3 N–H and O–H groups in total. The van der Waals surface area contributed by atoms with Gasteiger partial charge in [0.1, 0.15) is 11.9 Å². The molecule has 2 atom stereocenters. The summed E-state index contributed by atoms with van der Waals surface area (Å²) in [6.45, 7) is 1.23. The van der Waals surface area contributed by atoms with Crippen molar-refractivity contribution >= 4 is 11.8 Å². The average Bonchev–Trinajstić information content (AvgIpc) is 2.26. The fraction of sp³-hybridized carbons (Fsp3) is 0.333. The van der Waals surface area contributed by atoms with Crippen molar-refractivity contribution in [1.29, 1.82) is 0 Å². The van der Waals surface area contributed by atoms with Crippen LogP contribution in [0.15, 0.2) is 18.2 Å². The predicted molar refractivity (Wildman–Crippen MR) is 59.6 cm³/mol. The molecular weight excluding hydrogens is 243 g/mol. The minimum absolute atomic E-state index is 0.0494. The van der Waals surface area contributed by atoms with Crippen molar-refractivity contribution in [1.82, 2.24) is 0 Å². The quantitative estimate of drug-likeness (QED) is 0.680. The first kappa shape index (κ1) is 14.3. The molecule has 0 heterocycles. The molecule has 0 amide bonds. The van der Waals surface area contributed by atoms with Crippen LogP contribution in [-0.2, 0) is 4.79 Å². The van der Waals surface area contributed by atoms with Crippen LogP contribution in [0.25, 0.3) is 0 Å². The number of hydrogen-bond acceptors (Lipinski definition) is 4. The van der Waals surface area contributed by atoms with Crippen LogP contribution >= 0.6 is 0 Å². The summed E-state index contributed by atoms with van der Waals surface area (Å²) in [5.41, 5.74) is -0.0652. The third-order valence-electron chi connectivity index (χ3n) is 2.46. The molecule has 18 heavy (non-hydrogen) atoms. The fourth-order valence-corrected chi connectivity index (χ4v) is 1.60. The maximum Gasteiger partial charge on any atom is 0.306 e. The standard InChI is InChI=1S/C12H13FO5/c1-6(14)8-3-2-7(13)4-9(8)12(18)10(15)5-11(16)17/h2-4,10,12,15,18H,5H2,1H3,(H,16,17). The van der Waals surface area contributed by atoms with Gasteiger partial charge in [-0.15, -0.1) is 0 Å². The molecule has 1 aromatic rings. The second-order valence-corrected chi connectivity index (χ2v) is 3.90. The first-order valence-electron chi connectivity index (χ1n) is 5.21. The van der Waals surface area contributed by atoms with E-state index in [-0.39, 0.29) is 11.1 Å². The van der Waals surface area contributed by atoms with Gasteiger partial charge in [0.15, 0.2) is 5.78 Å². The van der Waals surface area contributed by atoms with Gasteiger partial charge in [0.2, 0.25) is 0 Å². The molecule has 0 bridgehead atoms. The number of carboxylic acids is 1. The molecule has 0 spiro atoms. The van der Waals surface area contributed by atoms with Gasteiger partial charge in [-0.1, -0.05) is 0 Å². The summed E-state index contributed by atoms with van der Waals surface area (Å²) in [4.78, 5) is 21.7. The van der Waals surface area contributed by atoms with Gasteiger partial charge in [-0.05, 0) is 30.7 Å². The topological polar surface area (TPSA) is 94.8 Å². The molecule has 6 heteroatoms. The van der Waals surface area contributed by atoms with Crippen molar-refractivity contribution < 1.29 is 29.3 Å². The fourth-order valence-electron chi connectivity index (χ4n) is 1.60. The summed E-state index contributed by atoms with van der Waals surface area (Å²) in [6, 6.07) is 3.15. The van der Waals surface area contributed by atoms with E-state index in [1.54, 1.807) is 0 Å². The molecular formula is C12H13FO5. The molecule has 0 aliphatic heterocycles. The van der Waals surface area contributed by atoms with Gasteiger partial charge >= 0.3 is 5.97 Å². The second kappa shape index (κ2) is 5.70. The molecule has 0 radical (unpaired) electrons. The van der Waals surface area contributed by atoms with Crippen LogP contribution in [0.1, 0.15) is 35.4 Å². The zero-order chi connectivity index (χ0) is 13.9. The molecule has 0 saturated heterocycles. The van der Waals surface area contributed by atoms with E-state index in [4.69, 9.17) is 5.11 Å².